The van der Waals surface area contributed by atoms with Crippen molar-refractivity contribution in [2.45, 2.75) is 57.2 Å². The van der Waals surface area contributed by atoms with Crippen LogP contribution >= 0.6 is 0 Å². The first-order valence-electron chi connectivity index (χ1n) is 7.42. The van der Waals surface area contributed by atoms with E-state index < -0.39 is 0 Å². The number of rotatable bonds is 3. The Morgan fingerprint density at radius 2 is 1.89 bits per heavy atom. The zero-order valence-corrected chi connectivity index (χ0v) is 11.4. The molecular weight excluding hydrogens is 244 g/mol. The molecule has 0 radical (unpaired) electrons. The first-order chi connectivity index (χ1) is 9.22. The van der Waals surface area contributed by atoms with Crippen LogP contribution in [0.5, 0.6) is 0 Å². The number of nitrogens with one attached hydrogen (secondary N) is 1. The Labute approximate surface area is 113 Å². The fourth-order valence-corrected chi connectivity index (χ4v) is 3.28. The summed E-state index contributed by atoms with van der Waals surface area (Å²) in [5.74, 6) is 0.544. The fourth-order valence-electron chi connectivity index (χ4n) is 3.28. The summed E-state index contributed by atoms with van der Waals surface area (Å²) in [5.41, 5.74) is 0. The molecule has 3 rings (SSSR count). The molecule has 0 aromatic rings. The number of amides is 2. The molecular formula is C14H22N2O3. The Bertz CT molecular complexity index is 375. The second-order valence-electron chi connectivity index (χ2n) is 5.84. The lowest BCUT2D eigenvalue weighted by Gasteiger charge is -2.44. The smallest absolute Gasteiger partial charge is 0.246 e. The first-order valence-corrected chi connectivity index (χ1v) is 7.42. The Hall–Kier alpha value is -1.10. The van der Waals surface area contributed by atoms with E-state index in [1.54, 1.807) is 0 Å². The van der Waals surface area contributed by atoms with E-state index in [4.69, 9.17) is 4.74 Å². The van der Waals surface area contributed by atoms with Gasteiger partial charge in [-0.05, 0) is 38.0 Å². The maximum Gasteiger partial charge on any atom is 0.246 e. The zero-order valence-electron chi connectivity index (χ0n) is 11.4. The minimum Gasteiger partial charge on any atom is -0.381 e. The molecule has 0 bridgehead atoms. The van der Waals surface area contributed by atoms with Crippen molar-refractivity contribution in [2.75, 3.05) is 13.2 Å². The van der Waals surface area contributed by atoms with E-state index in [0.717, 1.165) is 25.7 Å². The van der Waals surface area contributed by atoms with Gasteiger partial charge in [-0.2, -0.15) is 0 Å². The number of ether oxygens (including phenoxy) is 1. The van der Waals surface area contributed by atoms with Crippen LogP contribution < -0.4 is 5.32 Å². The predicted octanol–water partition coefficient (Wildman–Crippen LogP) is 0.681. The number of nitrogens with zero attached hydrogens (tertiary/aromatic N) is 1. The number of carbonyl (C=O) groups excluding carboxylic acids is 2. The largest absolute Gasteiger partial charge is 0.381 e. The summed E-state index contributed by atoms with van der Waals surface area (Å²) in [5, 5.41) is 2.94. The lowest BCUT2D eigenvalue weighted by molar-refractivity contribution is -0.155. The molecule has 1 aliphatic carbocycles. The summed E-state index contributed by atoms with van der Waals surface area (Å²) in [6, 6.07) is -0.373. The summed E-state index contributed by atoms with van der Waals surface area (Å²) in [4.78, 5) is 26.8. The molecule has 5 heteroatoms. The number of piperazine rings is 1. The average Bonchev–Trinajstić information content (AvgIpc) is 3.26. The maximum atomic E-state index is 12.7. The van der Waals surface area contributed by atoms with Crippen molar-refractivity contribution < 1.29 is 14.3 Å². The first kappa shape index (κ1) is 12.9. The SMILES string of the molecule is CCC1C(=O)NC(C2CC2)C(=O)N1C1CCOCC1. The molecule has 2 saturated heterocycles. The molecule has 2 amide bonds. The maximum absolute atomic E-state index is 12.7. The molecule has 3 fully saturated rings. The molecule has 1 saturated carbocycles. The number of carbonyl (C=O) groups is 2. The topological polar surface area (TPSA) is 58.6 Å². The Morgan fingerprint density at radius 1 is 1.21 bits per heavy atom. The van der Waals surface area contributed by atoms with E-state index in [-0.39, 0.29) is 29.9 Å². The average molecular weight is 266 g/mol. The highest BCUT2D eigenvalue weighted by Gasteiger charge is 2.48. The molecule has 0 spiro atoms. The highest BCUT2D eigenvalue weighted by atomic mass is 16.5. The van der Waals surface area contributed by atoms with Gasteiger partial charge in [-0.1, -0.05) is 6.92 Å². The number of hydrogen-bond donors (Lipinski definition) is 1. The molecule has 1 N–H and O–H groups in total. The van der Waals surface area contributed by atoms with Gasteiger partial charge in [-0.15, -0.1) is 0 Å². The van der Waals surface area contributed by atoms with E-state index in [1.807, 2.05) is 11.8 Å². The van der Waals surface area contributed by atoms with E-state index in [1.165, 1.54) is 0 Å². The van der Waals surface area contributed by atoms with Gasteiger partial charge in [0.25, 0.3) is 0 Å². The van der Waals surface area contributed by atoms with Crippen molar-refractivity contribution >= 4 is 11.8 Å². The quantitative estimate of drug-likeness (QED) is 0.817. The van der Waals surface area contributed by atoms with Crippen LogP contribution in [-0.2, 0) is 14.3 Å². The van der Waals surface area contributed by atoms with Crippen molar-refractivity contribution in [3.05, 3.63) is 0 Å². The summed E-state index contributed by atoms with van der Waals surface area (Å²) in [6.07, 6.45) is 4.52. The van der Waals surface area contributed by atoms with Gasteiger partial charge < -0.3 is 15.0 Å². The number of hydrogen-bond acceptors (Lipinski definition) is 3. The summed E-state index contributed by atoms with van der Waals surface area (Å²) in [7, 11) is 0. The van der Waals surface area contributed by atoms with Gasteiger partial charge in [-0.25, -0.2) is 0 Å². The standard InChI is InChI=1S/C14H22N2O3/c1-2-11-13(17)15-12(9-3-4-9)14(18)16(11)10-5-7-19-8-6-10/h9-12H,2-8H2,1H3,(H,15,17). The van der Waals surface area contributed by atoms with Gasteiger partial charge in [0.05, 0.1) is 0 Å². The van der Waals surface area contributed by atoms with Crippen LogP contribution in [0.3, 0.4) is 0 Å². The monoisotopic (exact) mass is 266 g/mol. The van der Waals surface area contributed by atoms with Gasteiger partial charge in [0, 0.05) is 19.3 Å². The lowest BCUT2D eigenvalue weighted by atomic mass is 9.96. The molecule has 106 valence electrons. The molecule has 2 atom stereocenters. The fraction of sp³-hybridized carbons (Fsp3) is 0.857. The van der Waals surface area contributed by atoms with E-state index in [2.05, 4.69) is 5.32 Å². The van der Waals surface area contributed by atoms with Crippen LogP contribution in [0.1, 0.15) is 39.0 Å². The molecule has 2 unspecified atom stereocenters. The van der Waals surface area contributed by atoms with E-state index in [9.17, 15) is 9.59 Å². The normalized spacial score (nSPS) is 33.4. The van der Waals surface area contributed by atoms with E-state index in [0.29, 0.717) is 25.6 Å². The van der Waals surface area contributed by atoms with Crippen LogP contribution in [0.15, 0.2) is 0 Å². The minimum absolute atomic E-state index is 0.0329. The second-order valence-corrected chi connectivity index (χ2v) is 5.84. The van der Waals surface area contributed by atoms with Gasteiger partial charge in [0.2, 0.25) is 11.8 Å². The van der Waals surface area contributed by atoms with Crippen molar-refractivity contribution in [1.82, 2.24) is 10.2 Å². The molecule has 0 aromatic carbocycles. The third kappa shape index (κ3) is 2.36. The third-order valence-electron chi connectivity index (χ3n) is 4.52. The van der Waals surface area contributed by atoms with Crippen molar-refractivity contribution in [3.63, 3.8) is 0 Å². The van der Waals surface area contributed by atoms with Crippen LogP contribution in [0.25, 0.3) is 0 Å². The van der Waals surface area contributed by atoms with Crippen molar-refractivity contribution in [3.8, 4) is 0 Å². The summed E-state index contributed by atoms with van der Waals surface area (Å²) in [6.45, 7) is 3.36. The van der Waals surface area contributed by atoms with Crippen molar-refractivity contribution in [2.24, 2.45) is 5.92 Å². The summed E-state index contributed by atoms with van der Waals surface area (Å²) >= 11 is 0. The Morgan fingerprint density at radius 3 is 2.47 bits per heavy atom. The van der Waals surface area contributed by atoms with Crippen LogP contribution in [-0.4, -0.2) is 48.1 Å². The molecule has 0 aromatic heterocycles. The van der Waals surface area contributed by atoms with Crippen LogP contribution in [0, 0.1) is 5.92 Å². The van der Waals surface area contributed by atoms with Gasteiger partial charge in [0.15, 0.2) is 0 Å². The second kappa shape index (κ2) is 5.12. The minimum atomic E-state index is -0.286. The van der Waals surface area contributed by atoms with Gasteiger partial charge >= 0.3 is 0 Å². The van der Waals surface area contributed by atoms with Crippen LogP contribution in [0.2, 0.25) is 0 Å². The molecule has 5 nitrogen and oxygen atoms in total. The molecule has 3 aliphatic rings. The molecule has 19 heavy (non-hydrogen) atoms. The van der Waals surface area contributed by atoms with Gasteiger partial charge in [0.1, 0.15) is 12.1 Å². The lowest BCUT2D eigenvalue weighted by Crippen LogP contribution is -2.66. The highest BCUT2D eigenvalue weighted by molar-refractivity contribution is 5.97. The third-order valence-corrected chi connectivity index (χ3v) is 4.52. The highest BCUT2D eigenvalue weighted by Crippen LogP contribution is 2.36. The molecule has 2 aliphatic heterocycles. The zero-order chi connectivity index (χ0) is 13.4. The van der Waals surface area contributed by atoms with E-state index >= 15 is 0 Å². The summed E-state index contributed by atoms with van der Waals surface area (Å²) < 4.78 is 5.37. The predicted molar refractivity (Wildman–Crippen MR) is 69.4 cm³/mol. The Kier molecular flexibility index (Phi) is 3.48. The van der Waals surface area contributed by atoms with Crippen LogP contribution in [0.4, 0.5) is 0 Å². The Balaban J connectivity index is 1.81. The molecule has 2 heterocycles. The van der Waals surface area contributed by atoms with Gasteiger partial charge in [-0.3, -0.25) is 9.59 Å². The van der Waals surface area contributed by atoms with Crippen molar-refractivity contribution in [1.29, 1.82) is 0 Å².